The number of aryl methyl sites for hydroxylation is 1. The molecule has 0 bridgehead atoms. The quantitative estimate of drug-likeness (QED) is 0.717. The molecule has 2 aliphatic rings. The van der Waals surface area contributed by atoms with E-state index in [4.69, 9.17) is 0 Å². The van der Waals surface area contributed by atoms with Crippen molar-refractivity contribution in [3.05, 3.63) is 18.2 Å². The van der Waals surface area contributed by atoms with Gasteiger partial charge in [0, 0.05) is 69.7 Å². The van der Waals surface area contributed by atoms with Crippen LogP contribution in [0.3, 0.4) is 0 Å². The summed E-state index contributed by atoms with van der Waals surface area (Å²) >= 11 is 0. The molecule has 2 fully saturated rings. The van der Waals surface area contributed by atoms with Gasteiger partial charge in [-0.25, -0.2) is 0 Å². The maximum atomic E-state index is 11.5. The van der Waals surface area contributed by atoms with Gasteiger partial charge in [0.2, 0.25) is 12.3 Å². The summed E-state index contributed by atoms with van der Waals surface area (Å²) in [6.45, 7) is 4.70. The van der Waals surface area contributed by atoms with E-state index in [9.17, 15) is 9.59 Å². The van der Waals surface area contributed by atoms with Gasteiger partial charge in [0.25, 0.3) is 0 Å². The predicted octanol–water partition coefficient (Wildman–Crippen LogP) is 0.0818. The minimum Gasteiger partial charge on any atom is -0.370 e. The van der Waals surface area contributed by atoms with Crippen molar-refractivity contribution in [3.8, 4) is 0 Å². The second kappa shape index (κ2) is 6.28. The number of hydrogen-bond acceptors (Lipinski definition) is 5. The second-order valence-electron chi connectivity index (χ2n) is 7.33. The summed E-state index contributed by atoms with van der Waals surface area (Å²) in [6.07, 6.45) is 0.983. The van der Waals surface area contributed by atoms with Crippen LogP contribution in [0.1, 0.15) is 6.42 Å². The molecule has 0 saturated carbocycles. The van der Waals surface area contributed by atoms with E-state index in [-0.39, 0.29) is 12.3 Å². The van der Waals surface area contributed by atoms with Crippen LogP contribution >= 0.6 is 0 Å². The minimum atomic E-state index is -0.100. The maximum Gasteiger partial charge on any atom is 0.221 e. The summed E-state index contributed by atoms with van der Waals surface area (Å²) in [5, 5.41) is 11.4. The van der Waals surface area contributed by atoms with Gasteiger partial charge in [0.1, 0.15) is 0 Å². The molecule has 8 nitrogen and oxygen atoms in total. The number of carbonyl (C=O) groups excluding carboxylic acids is 2. The predicted molar refractivity (Wildman–Crippen MR) is 100 cm³/mol. The Labute approximate surface area is 152 Å². The monoisotopic (exact) mass is 356 g/mol. The zero-order chi connectivity index (χ0) is 18.3. The number of fused-ring (bicyclic) bond motifs is 1. The molecule has 2 N–H and O–H groups in total. The first kappa shape index (κ1) is 16.8. The van der Waals surface area contributed by atoms with Crippen LogP contribution in [0.4, 0.5) is 11.5 Å². The number of hydrogen-bond donors (Lipinski definition) is 2. The van der Waals surface area contributed by atoms with Gasteiger partial charge >= 0.3 is 0 Å². The summed E-state index contributed by atoms with van der Waals surface area (Å²) in [7, 11) is 3.47. The van der Waals surface area contributed by atoms with Gasteiger partial charge in [-0.3, -0.25) is 19.2 Å². The molecule has 2 aromatic rings. The average molecular weight is 356 g/mol. The van der Waals surface area contributed by atoms with E-state index in [2.05, 4.69) is 32.8 Å². The fourth-order valence-electron chi connectivity index (χ4n) is 3.84. The van der Waals surface area contributed by atoms with Crippen LogP contribution in [0.2, 0.25) is 0 Å². The molecule has 2 amide bonds. The van der Waals surface area contributed by atoms with Crippen molar-refractivity contribution < 1.29 is 9.59 Å². The lowest BCUT2D eigenvalue weighted by atomic mass is 9.74. The molecule has 1 aromatic heterocycles. The van der Waals surface area contributed by atoms with Gasteiger partial charge in [-0.1, -0.05) is 0 Å². The van der Waals surface area contributed by atoms with Crippen molar-refractivity contribution in [2.24, 2.45) is 12.5 Å². The standard InChI is InChI=1S/C18H24N6O2/c1-19-16(26)5-6-23(12-25)17-14-4-3-13(7-15(14)22(2)21-17)24-10-18(11-24)8-20-9-18/h3-4,7,12,20H,5-6,8-11H2,1-2H3,(H,19,26). The van der Waals surface area contributed by atoms with E-state index in [0.29, 0.717) is 17.8 Å². The number of rotatable bonds is 6. The highest BCUT2D eigenvalue weighted by atomic mass is 16.2. The van der Waals surface area contributed by atoms with Gasteiger partial charge in [-0.15, -0.1) is 0 Å². The lowest BCUT2D eigenvalue weighted by Gasteiger charge is -2.57. The van der Waals surface area contributed by atoms with Crippen molar-refractivity contribution in [3.63, 3.8) is 0 Å². The van der Waals surface area contributed by atoms with Crippen molar-refractivity contribution in [1.29, 1.82) is 0 Å². The van der Waals surface area contributed by atoms with Crippen LogP contribution in [0.25, 0.3) is 10.9 Å². The lowest BCUT2D eigenvalue weighted by molar-refractivity contribution is -0.120. The normalized spacial score (nSPS) is 17.7. The number of aromatic nitrogens is 2. The lowest BCUT2D eigenvalue weighted by Crippen LogP contribution is -2.71. The molecule has 3 heterocycles. The molecular formula is C18H24N6O2. The second-order valence-corrected chi connectivity index (χ2v) is 7.33. The first-order valence-corrected chi connectivity index (χ1v) is 8.90. The SMILES string of the molecule is CNC(=O)CCN(C=O)c1nn(C)c2cc(N3CC4(CNC4)C3)ccc12. The Morgan fingerprint density at radius 2 is 2.19 bits per heavy atom. The third-order valence-corrected chi connectivity index (χ3v) is 5.49. The maximum absolute atomic E-state index is 11.5. The fraction of sp³-hybridized carbons (Fsp3) is 0.500. The molecule has 0 unspecified atom stereocenters. The number of amides is 2. The number of anilines is 2. The summed E-state index contributed by atoms with van der Waals surface area (Å²) in [4.78, 5) is 26.9. The van der Waals surface area contributed by atoms with E-state index in [0.717, 1.165) is 43.5 Å². The molecule has 0 atom stereocenters. The first-order chi connectivity index (χ1) is 12.5. The Balaban J connectivity index is 1.57. The molecule has 0 radical (unpaired) electrons. The molecular weight excluding hydrogens is 332 g/mol. The van der Waals surface area contributed by atoms with E-state index in [1.165, 1.54) is 10.6 Å². The highest BCUT2D eigenvalue weighted by Gasteiger charge is 2.47. The van der Waals surface area contributed by atoms with Gasteiger partial charge in [0.05, 0.1) is 5.52 Å². The smallest absolute Gasteiger partial charge is 0.221 e. The van der Waals surface area contributed by atoms with Crippen LogP contribution in [-0.4, -0.2) is 61.9 Å². The van der Waals surface area contributed by atoms with E-state index < -0.39 is 0 Å². The van der Waals surface area contributed by atoms with Crippen LogP contribution in [0, 0.1) is 5.41 Å². The van der Waals surface area contributed by atoms with Crippen molar-refractivity contribution in [1.82, 2.24) is 20.4 Å². The largest absolute Gasteiger partial charge is 0.370 e. The van der Waals surface area contributed by atoms with Crippen molar-refractivity contribution in [2.45, 2.75) is 6.42 Å². The molecule has 2 aliphatic heterocycles. The molecule has 2 saturated heterocycles. The molecule has 4 rings (SSSR count). The Bertz CT molecular complexity index is 849. The summed E-state index contributed by atoms with van der Waals surface area (Å²) in [6, 6.07) is 6.24. The van der Waals surface area contributed by atoms with Gasteiger partial charge in [-0.05, 0) is 18.2 Å². The average Bonchev–Trinajstić information content (AvgIpc) is 2.89. The van der Waals surface area contributed by atoms with Crippen LogP contribution in [0.5, 0.6) is 0 Å². The first-order valence-electron chi connectivity index (χ1n) is 8.90. The fourth-order valence-corrected chi connectivity index (χ4v) is 3.84. The summed E-state index contributed by atoms with van der Waals surface area (Å²) < 4.78 is 1.80. The summed E-state index contributed by atoms with van der Waals surface area (Å²) in [5.74, 6) is 0.493. The van der Waals surface area contributed by atoms with Crippen LogP contribution in [-0.2, 0) is 16.6 Å². The van der Waals surface area contributed by atoms with E-state index >= 15 is 0 Å². The Kier molecular flexibility index (Phi) is 4.07. The Hall–Kier alpha value is -2.61. The van der Waals surface area contributed by atoms with Gasteiger partial charge in [0.15, 0.2) is 5.82 Å². The topological polar surface area (TPSA) is 82.5 Å². The number of benzene rings is 1. The van der Waals surface area contributed by atoms with Crippen LogP contribution < -0.4 is 20.4 Å². The Morgan fingerprint density at radius 3 is 2.81 bits per heavy atom. The van der Waals surface area contributed by atoms with Crippen molar-refractivity contribution >= 4 is 34.7 Å². The van der Waals surface area contributed by atoms with E-state index in [1.807, 2.05) is 13.1 Å². The summed E-state index contributed by atoms with van der Waals surface area (Å²) in [5.41, 5.74) is 2.64. The van der Waals surface area contributed by atoms with Gasteiger partial charge in [-0.2, -0.15) is 5.10 Å². The molecule has 138 valence electrons. The van der Waals surface area contributed by atoms with Crippen molar-refractivity contribution in [2.75, 3.05) is 49.6 Å². The molecule has 0 aliphatic carbocycles. The Morgan fingerprint density at radius 1 is 1.42 bits per heavy atom. The molecule has 26 heavy (non-hydrogen) atoms. The number of carbonyl (C=O) groups is 2. The number of nitrogens with zero attached hydrogens (tertiary/aromatic N) is 4. The molecule has 1 aromatic carbocycles. The zero-order valence-corrected chi connectivity index (χ0v) is 15.2. The minimum absolute atomic E-state index is 0.100. The zero-order valence-electron chi connectivity index (χ0n) is 15.2. The molecule has 1 spiro atoms. The highest BCUT2D eigenvalue weighted by Crippen LogP contribution is 2.39. The van der Waals surface area contributed by atoms with E-state index in [1.54, 1.807) is 11.7 Å². The third kappa shape index (κ3) is 2.70. The highest BCUT2D eigenvalue weighted by molar-refractivity contribution is 5.97. The third-order valence-electron chi connectivity index (χ3n) is 5.49. The van der Waals surface area contributed by atoms with Crippen LogP contribution in [0.15, 0.2) is 18.2 Å². The van der Waals surface area contributed by atoms with Gasteiger partial charge < -0.3 is 15.5 Å². The number of nitrogens with one attached hydrogen (secondary N) is 2. The molecule has 8 heteroatoms.